The molecule has 0 unspecified atom stereocenters. The fraction of sp³-hybridized carbons (Fsp3) is 0.500. The Labute approximate surface area is 126 Å². The summed E-state index contributed by atoms with van der Waals surface area (Å²) in [6.45, 7) is 9.22. The number of nitrogens with one attached hydrogen (secondary N) is 1. The molecule has 0 fully saturated rings. The van der Waals surface area contributed by atoms with E-state index in [1.54, 1.807) is 0 Å². The third-order valence-electron chi connectivity index (χ3n) is 3.84. The van der Waals surface area contributed by atoms with Crippen LogP contribution in [0.4, 0.5) is 5.69 Å². The average Bonchev–Trinajstić information content (AvgIpc) is 2.95. The van der Waals surface area contributed by atoms with Crippen LogP contribution in [0.5, 0.6) is 0 Å². The Balaban J connectivity index is 1.73. The Kier molecular flexibility index (Phi) is 4.20. The number of para-hydroxylation sites is 1. The van der Waals surface area contributed by atoms with Crippen molar-refractivity contribution >= 4 is 5.69 Å². The second kappa shape index (κ2) is 6.26. The smallest absolute Gasteiger partial charge is 0.152 e. The van der Waals surface area contributed by atoms with Gasteiger partial charge < -0.3 is 14.8 Å². The van der Waals surface area contributed by atoms with Crippen molar-refractivity contribution in [3.63, 3.8) is 0 Å². The van der Waals surface area contributed by atoms with Crippen molar-refractivity contribution in [1.29, 1.82) is 0 Å². The van der Waals surface area contributed by atoms with Crippen LogP contribution in [0, 0.1) is 5.92 Å². The molecule has 112 valence electrons. The van der Waals surface area contributed by atoms with Crippen molar-refractivity contribution < 1.29 is 0 Å². The van der Waals surface area contributed by atoms with Crippen LogP contribution in [-0.2, 0) is 19.6 Å². The number of hydrogen-bond donors (Lipinski definition) is 1. The van der Waals surface area contributed by atoms with E-state index in [1.807, 2.05) is 6.33 Å². The lowest BCUT2D eigenvalue weighted by Gasteiger charge is -2.30. The summed E-state index contributed by atoms with van der Waals surface area (Å²) in [6.07, 6.45) is 1.82. The van der Waals surface area contributed by atoms with Crippen LogP contribution >= 0.6 is 0 Å². The predicted molar refractivity (Wildman–Crippen MR) is 84.1 cm³/mol. The molecule has 0 bridgehead atoms. The van der Waals surface area contributed by atoms with Gasteiger partial charge in [0.25, 0.3) is 0 Å². The van der Waals surface area contributed by atoms with E-state index in [9.17, 15) is 0 Å². The van der Waals surface area contributed by atoms with Gasteiger partial charge in [0.15, 0.2) is 5.82 Å². The third kappa shape index (κ3) is 3.24. The Bertz CT molecular complexity index is 590. The molecule has 0 radical (unpaired) electrons. The van der Waals surface area contributed by atoms with Crippen LogP contribution in [0.2, 0.25) is 0 Å². The molecule has 0 amide bonds. The van der Waals surface area contributed by atoms with Crippen LogP contribution < -0.4 is 10.2 Å². The molecule has 1 aromatic heterocycles. The zero-order chi connectivity index (χ0) is 14.7. The minimum atomic E-state index is 0.672. The molecule has 1 aliphatic heterocycles. The lowest BCUT2D eigenvalue weighted by molar-refractivity contribution is 0.544. The fourth-order valence-electron chi connectivity index (χ4n) is 2.74. The predicted octanol–water partition coefficient (Wildman–Crippen LogP) is 2.04. The first-order chi connectivity index (χ1) is 10.2. The first-order valence-electron chi connectivity index (χ1n) is 7.64. The van der Waals surface area contributed by atoms with Crippen molar-refractivity contribution in [2.24, 2.45) is 5.92 Å². The number of aromatic nitrogens is 3. The molecule has 5 heteroatoms. The first-order valence-corrected chi connectivity index (χ1v) is 7.64. The molecule has 21 heavy (non-hydrogen) atoms. The maximum Gasteiger partial charge on any atom is 0.152 e. The Morgan fingerprint density at radius 3 is 2.95 bits per heavy atom. The number of benzene rings is 1. The number of anilines is 1. The summed E-state index contributed by atoms with van der Waals surface area (Å²) in [4.78, 5) is 2.40. The number of rotatable bonds is 5. The van der Waals surface area contributed by atoms with Crippen molar-refractivity contribution in [3.8, 4) is 0 Å². The van der Waals surface area contributed by atoms with Gasteiger partial charge in [0.2, 0.25) is 0 Å². The molecule has 0 saturated heterocycles. The SMILES string of the molecule is CC(C)CNCc1ccccc1N1CCn2cnnc2C1. The summed E-state index contributed by atoms with van der Waals surface area (Å²) in [7, 11) is 0. The molecule has 1 aromatic carbocycles. The molecule has 2 heterocycles. The summed E-state index contributed by atoms with van der Waals surface area (Å²) < 4.78 is 2.14. The summed E-state index contributed by atoms with van der Waals surface area (Å²) in [5, 5.41) is 11.7. The monoisotopic (exact) mass is 285 g/mol. The van der Waals surface area contributed by atoms with Crippen molar-refractivity contribution in [3.05, 3.63) is 42.0 Å². The minimum absolute atomic E-state index is 0.672. The molecule has 3 rings (SSSR count). The fourth-order valence-corrected chi connectivity index (χ4v) is 2.74. The zero-order valence-electron chi connectivity index (χ0n) is 12.8. The van der Waals surface area contributed by atoms with Gasteiger partial charge in [-0.1, -0.05) is 32.0 Å². The molecule has 2 aromatic rings. The van der Waals surface area contributed by atoms with Crippen LogP contribution in [0.1, 0.15) is 25.2 Å². The van der Waals surface area contributed by atoms with Crippen LogP contribution in [-0.4, -0.2) is 27.9 Å². The van der Waals surface area contributed by atoms with Gasteiger partial charge in [-0.15, -0.1) is 10.2 Å². The van der Waals surface area contributed by atoms with Gasteiger partial charge in [0.1, 0.15) is 6.33 Å². The van der Waals surface area contributed by atoms with Gasteiger partial charge >= 0.3 is 0 Å². The normalized spacial score (nSPS) is 14.5. The van der Waals surface area contributed by atoms with Crippen LogP contribution in [0.3, 0.4) is 0 Å². The Morgan fingerprint density at radius 1 is 1.24 bits per heavy atom. The van der Waals surface area contributed by atoms with E-state index in [0.29, 0.717) is 5.92 Å². The van der Waals surface area contributed by atoms with E-state index in [2.05, 4.69) is 63.1 Å². The van der Waals surface area contributed by atoms with E-state index >= 15 is 0 Å². The Hall–Kier alpha value is -1.88. The number of hydrogen-bond acceptors (Lipinski definition) is 4. The molecule has 5 nitrogen and oxygen atoms in total. The maximum absolute atomic E-state index is 4.20. The average molecular weight is 285 g/mol. The largest absolute Gasteiger partial charge is 0.362 e. The molecule has 0 aliphatic carbocycles. The second-order valence-electron chi connectivity index (χ2n) is 6.02. The topological polar surface area (TPSA) is 46.0 Å². The Morgan fingerprint density at radius 2 is 2.10 bits per heavy atom. The van der Waals surface area contributed by atoms with Crippen molar-refractivity contribution in [2.75, 3.05) is 18.0 Å². The van der Waals surface area contributed by atoms with Crippen LogP contribution in [0.25, 0.3) is 0 Å². The highest BCUT2D eigenvalue weighted by molar-refractivity contribution is 5.54. The first kappa shape index (κ1) is 14.1. The highest BCUT2D eigenvalue weighted by atomic mass is 15.3. The lowest BCUT2D eigenvalue weighted by Crippen LogP contribution is -2.34. The molecular formula is C16H23N5. The molecule has 0 spiro atoms. The van der Waals surface area contributed by atoms with Gasteiger partial charge in [0, 0.05) is 25.3 Å². The number of fused-ring (bicyclic) bond motifs is 1. The zero-order valence-corrected chi connectivity index (χ0v) is 12.8. The minimum Gasteiger partial charge on any atom is -0.362 e. The van der Waals surface area contributed by atoms with Crippen molar-refractivity contribution in [1.82, 2.24) is 20.1 Å². The quantitative estimate of drug-likeness (QED) is 0.913. The molecule has 0 saturated carbocycles. The van der Waals surface area contributed by atoms with Gasteiger partial charge in [0.05, 0.1) is 6.54 Å². The van der Waals surface area contributed by atoms with Crippen molar-refractivity contribution in [2.45, 2.75) is 33.5 Å². The summed E-state index contributed by atoms with van der Waals surface area (Å²) in [6, 6.07) is 8.64. The van der Waals surface area contributed by atoms with Crippen LogP contribution in [0.15, 0.2) is 30.6 Å². The molecule has 0 atom stereocenters. The van der Waals surface area contributed by atoms with Gasteiger partial charge in [-0.3, -0.25) is 0 Å². The van der Waals surface area contributed by atoms with E-state index in [1.165, 1.54) is 11.3 Å². The second-order valence-corrected chi connectivity index (χ2v) is 6.02. The molecule has 1 aliphatic rings. The van der Waals surface area contributed by atoms with E-state index < -0.39 is 0 Å². The van der Waals surface area contributed by atoms with E-state index in [4.69, 9.17) is 0 Å². The maximum atomic E-state index is 4.20. The molecule has 1 N–H and O–H groups in total. The summed E-state index contributed by atoms with van der Waals surface area (Å²) >= 11 is 0. The summed E-state index contributed by atoms with van der Waals surface area (Å²) in [5.74, 6) is 1.72. The number of nitrogens with zero attached hydrogens (tertiary/aromatic N) is 4. The van der Waals surface area contributed by atoms with Gasteiger partial charge in [-0.25, -0.2) is 0 Å². The standard InChI is InChI=1S/C16H23N5/c1-13(2)9-17-10-14-5-3-4-6-15(14)20-7-8-21-12-18-19-16(21)11-20/h3-6,12-13,17H,7-11H2,1-2H3. The summed E-state index contributed by atoms with van der Waals surface area (Å²) in [5.41, 5.74) is 2.66. The van der Waals surface area contributed by atoms with Gasteiger partial charge in [-0.05, 0) is 24.1 Å². The van der Waals surface area contributed by atoms with E-state index in [0.717, 1.165) is 38.5 Å². The molecular weight excluding hydrogens is 262 g/mol. The lowest BCUT2D eigenvalue weighted by atomic mass is 10.1. The highest BCUT2D eigenvalue weighted by Crippen LogP contribution is 2.24. The van der Waals surface area contributed by atoms with Gasteiger partial charge in [-0.2, -0.15) is 0 Å². The third-order valence-corrected chi connectivity index (χ3v) is 3.84. The highest BCUT2D eigenvalue weighted by Gasteiger charge is 2.19. The van der Waals surface area contributed by atoms with E-state index in [-0.39, 0.29) is 0 Å².